The molecule has 0 radical (unpaired) electrons. The first-order chi connectivity index (χ1) is 15.4. The Morgan fingerprint density at radius 1 is 1.16 bits per heavy atom. The van der Waals surface area contributed by atoms with Crippen molar-refractivity contribution < 1.29 is 23.1 Å². The molecule has 9 heteroatoms. The van der Waals surface area contributed by atoms with Crippen LogP contribution in [0.4, 0.5) is 20.2 Å². The van der Waals surface area contributed by atoms with E-state index < -0.39 is 6.61 Å². The van der Waals surface area contributed by atoms with Gasteiger partial charge in [-0.05, 0) is 68.8 Å². The van der Waals surface area contributed by atoms with Crippen LogP contribution in [0, 0.1) is 5.92 Å². The number of nitrogens with two attached hydrogens (primary N) is 1. The van der Waals surface area contributed by atoms with Gasteiger partial charge in [-0.15, -0.1) is 0 Å². The van der Waals surface area contributed by atoms with Gasteiger partial charge in [-0.25, -0.2) is 0 Å². The van der Waals surface area contributed by atoms with Crippen LogP contribution in [-0.4, -0.2) is 49.5 Å². The third-order valence-corrected chi connectivity index (χ3v) is 5.37. The van der Waals surface area contributed by atoms with Crippen LogP contribution in [-0.2, 0) is 4.79 Å². The van der Waals surface area contributed by atoms with Gasteiger partial charge in [-0.3, -0.25) is 9.59 Å². The van der Waals surface area contributed by atoms with Gasteiger partial charge >= 0.3 is 6.61 Å². The van der Waals surface area contributed by atoms with Crippen LogP contribution in [0.15, 0.2) is 48.5 Å². The molecule has 2 aromatic carbocycles. The zero-order valence-corrected chi connectivity index (χ0v) is 17.7. The molecule has 7 nitrogen and oxygen atoms in total. The molecule has 0 aromatic heterocycles. The Labute approximate surface area is 185 Å². The van der Waals surface area contributed by atoms with Crippen molar-refractivity contribution >= 4 is 23.2 Å². The van der Waals surface area contributed by atoms with Crippen LogP contribution >= 0.6 is 0 Å². The first-order valence-electron chi connectivity index (χ1n) is 10.6. The molecule has 3 rings (SSSR count). The van der Waals surface area contributed by atoms with Crippen molar-refractivity contribution in [3.05, 3.63) is 54.1 Å². The normalized spacial score (nSPS) is 16.5. The SMILES string of the molecule is NC(=O)C1CCCN(CCCNC(=O)c2ccccc2Nc2ccc(OC(F)F)cc2)C1. The zero-order valence-electron chi connectivity index (χ0n) is 17.7. The van der Waals surface area contributed by atoms with Gasteiger partial charge in [0.2, 0.25) is 5.91 Å². The van der Waals surface area contributed by atoms with E-state index in [4.69, 9.17) is 5.73 Å². The summed E-state index contributed by atoms with van der Waals surface area (Å²) in [4.78, 5) is 26.3. The number of amides is 2. The molecule has 1 saturated heterocycles. The summed E-state index contributed by atoms with van der Waals surface area (Å²) in [5, 5.41) is 6.06. The van der Waals surface area contributed by atoms with Gasteiger partial charge in [0.15, 0.2) is 0 Å². The standard InChI is InChI=1S/C23H28F2N4O3/c24-23(25)32-18-10-8-17(9-11-18)28-20-7-2-1-6-19(20)22(31)27-12-4-14-29-13-3-5-16(15-29)21(26)30/h1-2,6-11,16,23,28H,3-5,12-15H2,(H2,26,30)(H,27,31). The Hall–Kier alpha value is -3.20. The Bertz CT molecular complexity index is 908. The summed E-state index contributed by atoms with van der Waals surface area (Å²) in [5.41, 5.74) is 7.14. The first kappa shape index (κ1) is 23.5. The minimum absolute atomic E-state index is 0.0624. The lowest BCUT2D eigenvalue weighted by atomic mass is 9.97. The fourth-order valence-corrected chi connectivity index (χ4v) is 3.76. The van der Waals surface area contributed by atoms with Crippen molar-refractivity contribution in [1.29, 1.82) is 0 Å². The fraction of sp³-hybridized carbons (Fsp3) is 0.391. The second-order valence-electron chi connectivity index (χ2n) is 7.73. The van der Waals surface area contributed by atoms with Gasteiger partial charge in [-0.2, -0.15) is 8.78 Å². The molecule has 0 aliphatic carbocycles. The van der Waals surface area contributed by atoms with Crippen molar-refractivity contribution in [3.63, 3.8) is 0 Å². The largest absolute Gasteiger partial charge is 0.435 e. The monoisotopic (exact) mass is 446 g/mol. The molecule has 1 aliphatic heterocycles. The molecule has 1 unspecified atom stereocenters. The predicted octanol–water partition coefficient (Wildman–Crippen LogP) is 3.35. The first-order valence-corrected chi connectivity index (χ1v) is 10.6. The number of nitrogens with zero attached hydrogens (tertiary/aromatic N) is 1. The summed E-state index contributed by atoms with van der Waals surface area (Å²) in [7, 11) is 0. The molecule has 4 N–H and O–H groups in total. The number of hydrogen-bond acceptors (Lipinski definition) is 5. The number of benzene rings is 2. The second kappa shape index (κ2) is 11.4. The number of likely N-dealkylation sites (tertiary alicyclic amines) is 1. The molecule has 1 aliphatic rings. The molecule has 1 fully saturated rings. The van der Waals surface area contributed by atoms with Gasteiger partial charge in [0.05, 0.1) is 17.2 Å². The van der Waals surface area contributed by atoms with Gasteiger partial charge < -0.3 is 26.0 Å². The van der Waals surface area contributed by atoms with E-state index in [9.17, 15) is 18.4 Å². The summed E-state index contributed by atoms with van der Waals surface area (Å²) in [6, 6.07) is 13.1. The zero-order chi connectivity index (χ0) is 22.9. The Kier molecular flexibility index (Phi) is 8.38. The van der Waals surface area contributed by atoms with Crippen LogP contribution in [0.25, 0.3) is 0 Å². The van der Waals surface area contributed by atoms with E-state index in [0.29, 0.717) is 30.0 Å². The average molecular weight is 446 g/mol. The second-order valence-corrected chi connectivity index (χ2v) is 7.73. The van der Waals surface area contributed by atoms with Crippen LogP contribution in [0.1, 0.15) is 29.6 Å². The van der Waals surface area contributed by atoms with E-state index in [0.717, 1.165) is 32.4 Å². The van der Waals surface area contributed by atoms with E-state index in [1.165, 1.54) is 12.1 Å². The number of carbonyl (C=O) groups excluding carboxylic acids is 2. The number of alkyl halides is 2. The van der Waals surface area contributed by atoms with Crippen molar-refractivity contribution in [3.8, 4) is 5.75 Å². The molecule has 2 amide bonds. The third kappa shape index (κ3) is 6.91. The average Bonchev–Trinajstić information content (AvgIpc) is 2.78. The van der Waals surface area contributed by atoms with Gasteiger partial charge in [0, 0.05) is 18.8 Å². The smallest absolute Gasteiger partial charge is 0.387 e. The van der Waals surface area contributed by atoms with Crippen LogP contribution < -0.4 is 21.1 Å². The maximum Gasteiger partial charge on any atom is 0.387 e. The summed E-state index contributed by atoms with van der Waals surface area (Å²) in [6.07, 6.45) is 2.56. The highest BCUT2D eigenvalue weighted by atomic mass is 19.3. The Morgan fingerprint density at radius 3 is 2.62 bits per heavy atom. The Morgan fingerprint density at radius 2 is 1.91 bits per heavy atom. The maximum atomic E-state index is 12.7. The molecule has 0 spiro atoms. The number of primary amides is 1. The van der Waals surface area contributed by atoms with E-state index >= 15 is 0 Å². The number of ether oxygens (including phenoxy) is 1. The molecule has 32 heavy (non-hydrogen) atoms. The van der Waals surface area contributed by atoms with Crippen molar-refractivity contribution in [2.24, 2.45) is 11.7 Å². The number of hydrogen-bond donors (Lipinski definition) is 3. The maximum absolute atomic E-state index is 12.7. The minimum atomic E-state index is -2.88. The summed E-state index contributed by atoms with van der Waals surface area (Å²) in [5.74, 6) is -0.484. The van der Waals surface area contributed by atoms with Crippen molar-refractivity contribution in [1.82, 2.24) is 10.2 Å². The lowest BCUT2D eigenvalue weighted by Gasteiger charge is -2.31. The van der Waals surface area contributed by atoms with Crippen molar-refractivity contribution in [2.75, 3.05) is 31.5 Å². The molecule has 2 aromatic rings. The molecule has 0 bridgehead atoms. The third-order valence-electron chi connectivity index (χ3n) is 5.37. The van der Waals surface area contributed by atoms with Crippen LogP contribution in [0.5, 0.6) is 5.75 Å². The van der Waals surface area contributed by atoms with E-state index in [1.54, 1.807) is 36.4 Å². The van der Waals surface area contributed by atoms with Gasteiger partial charge in [0.1, 0.15) is 5.75 Å². The number of carbonyl (C=O) groups is 2. The van der Waals surface area contributed by atoms with Crippen molar-refractivity contribution in [2.45, 2.75) is 25.9 Å². The summed E-state index contributed by atoms with van der Waals surface area (Å²) >= 11 is 0. The Balaban J connectivity index is 1.50. The highest BCUT2D eigenvalue weighted by Gasteiger charge is 2.23. The minimum Gasteiger partial charge on any atom is -0.435 e. The highest BCUT2D eigenvalue weighted by Crippen LogP contribution is 2.24. The number of piperidine rings is 1. The molecular weight excluding hydrogens is 418 g/mol. The number of halogens is 2. The van der Waals surface area contributed by atoms with E-state index in [1.807, 2.05) is 0 Å². The highest BCUT2D eigenvalue weighted by molar-refractivity contribution is 6.00. The summed E-state index contributed by atoms with van der Waals surface area (Å²) < 4.78 is 28.9. The fourth-order valence-electron chi connectivity index (χ4n) is 3.76. The molecule has 1 heterocycles. The molecule has 0 saturated carbocycles. The molecule has 172 valence electrons. The number of para-hydroxylation sites is 1. The quantitative estimate of drug-likeness (QED) is 0.487. The predicted molar refractivity (Wildman–Crippen MR) is 118 cm³/mol. The van der Waals surface area contributed by atoms with Gasteiger partial charge in [-0.1, -0.05) is 12.1 Å². The molecule has 1 atom stereocenters. The number of anilines is 2. The van der Waals surface area contributed by atoms with Gasteiger partial charge in [0.25, 0.3) is 5.91 Å². The number of rotatable bonds is 10. The van der Waals surface area contributed by atoms with Crippen LogP contribution in [0.2, 0.25) is 0 Å². The van der Waals surface area contributed by atoms with E-state index in [2.05, 4.69) is 20.3 Å². The lowest BCUT2D eigenvalue weighted by molar-refractivity contribution is -0.123. The lowest BCUT2D eigenvalue weighted by Crippen LogP contribution is -2.42. The topological polar surface area (TPSA) is 96.7 Å². The summed E-state index contributed by atoms with van der Waals surface area (Å²) in [6.45, 7) is 0.0300. The van der Waals surface area contributed by atoms with E-state index in [-0.39, 0.29) is 23.5 Å². The number of nitrogens with one attached hydrogen (secondary N) is 2. The molecular formula is C23H28F2N4O3. The van der Waals surface area contributed by atoms with Crippen LogP contribution in [0.3, 0.4) is 0 Å².